The maximum absolute atomic E-state index is 12.4. The van der Waals surface area contributed by atoms with Crippen LogP contribution in [0.15, 0.2) is 40.0 Å². The summed E-state index contributed by atoms with van der Waals surface area (Å²) >= 11 is 1.32. The molecule has 3 rings (SSSR count). The topological polar surface area (TPSA) is 96.7 Å². The Kier molecular flexibility index (Phi) is 5.18. The summed E-state index contributed by atoms with van der Waals surface area (Å²) in [5.41, 5.74) is 2.14. The highest BCUT2D eigenvalue weighted by atomic mass is 32.2. The lowest BCUT2D eigenvalue weighted by molar-refractivity contribution is -0.115. The molecule has 0 radical (unpaired) electrons. The van der Waals surface area contributed by atoms with E-state index in [1.54, 1.807) is 13.0 Å². The maximum atomic E-state index is 12.4. The first-order valence-corrected chi connectivity index (χ1v) is 8.83. The lowest BCUT2D eigenvalue weighted by Crippen LogP contribution is -2.24. The molecule has 0 aliphatic carbocycles. The number of hydrogen-bond donors (Lipinski definition) is 2. The van der Waals surface area contributed by atoms with E-state index in [4.69, 9.17) is 4.52 Å². The second-order valence-electron chi connectivity index (χ2n) is 5.66. The van der Waals surface area contributed by atoms with Gasteiger partial charge in [-0.25, -0.2) is 4.98 Å². The van der Waals surface area contributed by atoms with Gasteiger partial charge in [-0.1, -0.05) is 53.7 Å². The maximum Gasteiger partial charge on any atom is 0.239 e. The van der Waals surface area contributed by atoms with Crippen LogP contribution in [0.5, 0.6) is 0 Å². The second kappa shape index (κ2) is 7.52. The molecule has 0 bridgehead atoms. The molecule has 0 aliphatic heterocycles. The molecule has 25 heavy (non-hydrogen) atoms. The summed E-state index contributed by atoms with van der Waals surface area (Å²) < 4.78 is 4.96. The van der Waals surface area contributed by atoms with Gasteiger partial charge in [0.15, 0.2) is 11.6 Å². The molecule has 0 saturated heterocycles. The first kappa shape index (κ1) is 17.2. The zero-order valence-corrected chi connectivity index (χ0v) is 15.1. The van der Waals surface area contributed by atoms with E-state index in [1.165, 1.54) is 17.3 Å². The van der Waals surface area contributed by atoms with Crippen LogP contribution >= 0.6 is 11.8 Å². The molecule has 7 nitrogen and oxygen atoms in total. The van der Waals surface area contributed by atoms with Gasteiger partial charge in [-0.15, -0.1) is 5.10 Å². The Bertz CT molecular complexity index is 856. The Morgan fingerprint density at radius 2 is 2.08 bits per heavy atom. The highest BCUT2D eigenvalue weighted by molar-refractivity contribution is 8.00. The highest BCUT2D eigenvalue weighted by Gasteiger charge is 2.21. The summed E-state index contributed by atoms with van der Waals surface area (Å²) in [6.07, 6.45) is 0.641. The number of nitrogens with zero attached hydrogens (tertiary/aromatic N) is 3. The Balaban J connectivity index is 1.67. The Hall–Kier alpha value is -2.61. The van der Waals surface area contributed by atoms with Gasteiger partial charge in [0.25, 0.3) is 0 Å². The van der Waals surface area contributed by atoms with Crippen molar-refractivity contribution in [1.29, 1.82) is 0 Å². The molecule has 1 amide bonds. The van der Waals surface area contributed by atoms with E-state index in [0.717, 1.165) is 5.56 Å². The van der Waals surface area contributed by atoms with E-state index in [2.05, 4.69) is 25.7 Å². The molecule has 0 saturated carbocycles. The van der Waals surface area contributed by atoms with E-state index >= 15 is 0 Å². The van der Waals surface area contributed by atoms with Crippen LogP contribution < -0.4 is 5.32 Å². The van der Waals surface area contributed by atoms with Gasteiger partial charge in [-0.2, -0.15) is 0 Å². The van der Waals surface area contributed by atoms with Crippen LogP contribution in [0.4, 0.5) is 5.82 Å². The molecule has 0 fully saturated rings. The molecule has 2 N–H and O–H groups in total. The molecule has 1 atom stereocenters. The summed E-state index contributed by atoms with van der Waals surface area (Å²) in [5.74, 6) is 1.59. The fraction of sp³-hybridized carbons (Fsp3) is 0.294. The fourth-order valence-electron chi connectivity index (χ4n) is 2.22. The van der Waals surface area contributed by atoms with Gasteiger partial charge in [0.2, 0.25) is 11.1 Å². The average Bonchev–Trinajstić information content (AvgIpc) is 3.22. The van der Waals surface area contributed by atoms with Gasteiger partial charge in [0.1, 0.15) is 5.76 Å². The van der Waals surface area contributed by atoms with Crippen molar-refractivity contribution in [2.75, 3.05) is 5.32 Å². The SMILES string of the molecule is CC[C@H](Sc1n[nH]c(-c2ccc(C)cc2)n1)C(=O)Nc1cc(C)on1. The van der Waals surface area contributed by atoms with Crippen LogP contribution in [-0.2, 0) is 4.79 Å². The van der Waals surface area contributed by atoms with Gasteiger partial charge < -0.3 is 9.84 Å². The van der Waals surface area contributed by atoms with Crippen molar-refractivity contribution in [3.8, 4) is 11.4 Å². The quantitative estimate of drug-likeness (QED) is 0.655. The van der Waals surface area contributed by atoms with Gasteiger partial charge in [-0.3, -0.25) is 9.89 Å². The number of anilines is 1. The summed E-state index contributed by atoms with van der Waals surface area (Å²) in [6, 6.07) is 9.69. The average molecular weight is 357 g/mol. The first-order chi connectivity index (χ1) is 12.0. The number of thioether (sulfide) groups is 1. The van der Waals surface area contributed by atoms with Crippen molar-refractivity contribution in [2.45, 2.75) is 37.6 Å². The third kappa shape index (κ3) is 4.27. The summed E-state index contributed by atoms with van der Waals surface area (Å²) in [5, 5.41) is 13.9. The highest BCUT2D eigenvalue weighted by Crippen LogP contribution is 2.25. The predicted octanol–water partition coefficient (Wildman–Crippen LogP) is 3.59. The van der Waals surface area contributed by atoms with Crippen LogP contribution in [0.1, 0.15) is 24.7 Å². The molecule has 0 spiro atoms. The number of rotatable bonds is 6. The minimum absolute atomic E-state index is 0.150. The van der Waals surface area contributed by atoms with Crippen LogP contribution in [0.25, 0.3) is 11.4 Å². The van der Waals surface area contributed by atoms with Crippen LogP contribution in [0.2, 0.25) is 0 Å². The minimum atomic E-state index is -0.321. The number of hydrogen-bond acceptors (Lipinski definition) is 6. The molecule has 1 aromatic carbocycles. The molecule has 130 valence electrons. The Labute approximate surface area is 149 Å². The largest absolute Gasteiger partial charge is 0.360 e. The van der Waals surface area contributed by atoms with Crippen molar-refractivity contribution in [1.82, 2.24) is 20.3 Å². The number of carbonyl (C=O) groups excluding carboxylic acids is 1. The molecule has 2 heterocycles. The van der Waals surface area contributed by atoms with Gasteiger partial charge in [0.05, 0.1) is 5.25 Å². The molecule has 0 unspecified atom stereocenters. The summed E-state index contributed by atoms with van der Waals surface area (Å²) in [4.78, 5) is 16.9. The van der Waals surface area contributed by atoms with Crippen LogP contribution in [0, 0.1) is 13.8 Å². The van der Waals surface area contributed by atoms with E-state index in [0.29, 0.717) is 29.0 Å². The van der Waals surface area contributed by atoms with Crippen molar-refractivity contribution >= 4 is 23.5 Å². The number of amides is 1. The van der Waals surface area contributed by atoms with Crippen LogP contribution in [0.3, 0.4) is 0 Å². The monoisotopic (exact) mass is 357 g/mol. The molecule has 3 aromatic rings. The van der Waals surface area contributed by atoms with E-state index in [9.17, 15) is 4.79 Å². The van der Waals surface area contributed by atoms with Crippen molar-refractivity contribution < 1.29 is 9.32 Å². The van der Waals surface area contributed by atoms with Gasteiger partial charge in [-0.05, 0) is 20.3 Å². The molecular weight excluding hydrogens is 338 g/mol. The lowest BCUT2D eigenvalue weighted by atomic mass is 10.1. The van der Waals surface area contributed by atoms with E-state index < -0.39 is 0 Å². The lowest BCUT2D eigenvalue weighted by Gasteiger charge is -2.10. The van der Waals surface area contributed by atoms with Gasteiger partial charge in [0, 0.05) is 11.6 Å². The zero-order chi connectivity index (χ0) is 17.8. The molecule has 2 aromatic heterocycles. The van der Waals surface area contributed by atoms with Crippen molar-refractivity contribution in [3.63, 3.8) is 0 Å². The zero-order valence-electron chi connectivity index (χ0n) is 14.2. The molecular formula is C17H19N5O2S. The Morgan fingerprint density at radius 3 is 2.72 bits per heavy atom. The third-order valence-corrected chi connectivity index (χ3v) is 4.81. The normalized spacial score (nSPS) is 12.1. The number of aromatic amines is 1. The van der Waals surface area contributed by atoms with E-state index in [-0.39, 0.29) is 11.2 Å². The molecule has 0 aliphatic rings. The standard InChI is InChI=1S/C17H19N5O2S/c1-4-13(16(23)18-14-9-11(3)24-22-14)25-17-19-15(20-21-17)12-7-5-10(2)6-8-12/h5-9,13H,4H2,1-3H3,(H,18,22,23)(H,19,20,21)/t13-/m0/s1. The Morgan fingerprint density at radius 1 is 1.32 bits per heavy atom. The second-order valence-corrected chi connectivity index (χ2v) is 6.83. The number of benzene rings is 1. The van der Waals surface area contributed by atoms with Gasteiger partial charge >= 0.3 is 0 Å². The molecule has 8 heteroatoms. The smallest absolute Gasteiger partial charge is 0.239 e. The van der Waals surface area contributed by atoms with Crippen LogP contribution in [-0.4, -0.2) is 31.5 Å². The third-order valence-electron chi connectivity index (χ3n) is 3.58. The van der Waals surface area contributed by atoms with E-state index in [1.807, 2.05) is 38.1 Å². The minimum Gasteiger partial charge on any atom is -0.360 e. The fourth-order valence-corrected chi connectivity index (χ4v) is 3.05. The number of H-pyrrole nitrogens is 1. The first-order valence-electron chi connectivity index (χ1n) is 7.95. The number of aryl methyl sites for hydroxylation is 2. The number of aromatic nitrogens is 4. The summed E-state index contributed by atoms with van der Waals surface area (Å²) in [6.45, 7) is 5.75. The summed E-state index contributed by atoms with van der Waals surface area (Å²) in [7, 11) is 0. The predicted molar refractivity (Wildman–Crippen MR) is 96.4 cm³/mol. The van der Waals surface area contributed by atoms with Crippen molar-refractivity contribution in [2.24, 2.45) is 0 Å². The number of carbonyl (C=O) groups is 1. The van der Waals surface area contributed by atoms with Crippen molar-refractivity contribution in [3.05, 3.63) is 41.7 Å². The number of nitrogens with one attached hydrogen (secondary N) is 2.